The SMILES string of the molecule is C=C(C)COCCNC(=O)c1cnc(C(=O)O)cn1. The van der Waals surface area contributed by atoms with E-state index in [2.05, 4.69) is 21.9 Å². The van der Waals surface area contributed by atoms with Crippen molar-refractivity contribution in [2.75, 3.05) is 19.8 Å². The highest BCUT2D eigenvalue weighted by atomic mass is 16.5. The van der Waals surface area contributed by atoms with Gasteiger partial charge in [0.05, 0.1) is 25.6 Å². The van der Waals surface area contributed by atoms with Crippen molar-refractivity contribution in [2.45, 2.75) is 6.92 Å². The van der Waals surface area contributed by atoms with E-state index in [1.165, 1.54) is 0 Å². The average molecular weight is 265 g/mol. The minimum absolute atomic E-state index is 0.0601. The van der Waals surface area contributed by atoms with Crippen molar-refractivity contribution in [1.29, 1.82) is 0 Å². The predicted molar refractivity (Wildman–Crippen MR) is 67.0 cm³/mol. The van der Waals surface area contributed by atoms with Crippen LogP contribution < -0.4 is 5.32 Å². The van der Waals surface area contributed by atoms with Crippen LogP contribution in [0.3, 0.4) is 0 Å². The van der Waals surface area contributed by atoms with E-state index in [4.69, 9.17) is 9.84 Å². The van der Waals surface area contributed by atoms with Crippen LogP contribution >= 0.6 is 0 Å². The van der Waals surface area contributed by atoms with E-state index < -0.39 is 11.9 Å². The number of aromatic nitrogens is 2. The topological polar surface area (TPSA) is 101 Å². The molecule has 0 spiro atoms. The lowest BCUT2D eigenvalue weighted by molar-refractivity contribution is 0.0689. The molecule has 1 heterocycles. The highest BCUT2D eigenvalue weighted by Crippen LogP contribution is 1.95. The van der Waals surface area contributed by atoms with Gasteiger partial charge >= 0.3 is 5.97 Å². The monoisotopic (exact) mass is 265 g/mol. The number of aromatic carboxylic acids is 1. The van der Waals surface area contributed by atoms with Crippen LogP contribution in [0, 0.1) is 0 Å². The molecule has 7 nitrogen and oxygen atoms in total. The maximum absolute atomic E-state index is 11.6. The maximum Gasteiger partial charge on any atom is 0.356 e. The van der Waals surface area contributed by atoms with Gasteiger partial charge in [-0.2, -0.15) is 0 Å². The van der Waals surface area contributed by atoms with Gasteiger partial charge in [0.1, 0.15) is 5.69 Å². The molecular formula is C12H15N3O4. The second-order valence-corrected chi connectivity index (χ2v) is 3.86. The number of hydrogen-bond donors (Lipinski definition) is 2. The van der Waals surface area contributed by atoms with Gasteiger partial charge in [0.25, 0.3) is 5.91 Å². The van der Waals surface area contributed by atoms with Crippen molar-refractivity contribution in [3.63, 3.8) is 0 Å². The molecule has 0 unspecified atom stereocenters. The molecule has 0 fully saturated rings. The van der Waals surface area contributed by atoms with Gasteiger partial charge in [-0.15, -0.1) is 0 Å². The molecule has 2 N–H and O–H groups in total. The summed E-state index contributed by atoms with van der Waals surface area (Å²) in [7, 11) is 0. The molecule has 7 heteroatoms. The number of hydrogen-bond acceptors (Lipinski definition) is 5. The van der Waals surface area contributed by atoms with E-state index in [1.54, 1.807) is 0 Å². The third-order valence-corrected chi connectivity index (χ3v) is 1.98. The molecule has 0 atom stereocenters. The minimum atomic E-state index is -1.19. The molecule has 0 aromatic carbocycles. The summed E-state index contributed by atoms with van der Waals surface area (Å²) in [5.41, 5.74) is 0.757. The quantitative estimate of drug-likeness (QED) is 0.550. The molecular weight excluding hydrogens is 250 g/mol. The molecule has 0 radical (unpaired) electrons. The summed E-state index contributed by atoms with van der Waals surface area (Å²) < 4.78 is 5.20. The van der Waals surface area contributed by atoms with Crippen LogP contribution in [0.25, 0.3) is 0 Å². The number of nitrogens with zero attached hydrogens (tertiary/aromatic N) is 2. The van der Waals surface area contributed by atoms with Crippen LogP contribution in [0.1, 0.15) is 27.9 Å². The van der Waals surface area contributed by atoms with Gasteiger partial charge in [-0.05, 0) is 6.92 Å². The van der Waals surface area contributed by atoms with Gasteiger partial charge in [0, 0.05) is 6.54 Å². The summed E-state index contributed by atoms with van der Waals surface area (Å²) in [6.45, 7) is 6.66. The van der Waals surface area contributed by atoms with Crippen LogP contribution in [0.5, 0.6) is 0 Å². The number of ether oxygens (including phenoxy) is 1. The fourth-order valence-corrected chi connectivity index (χ4v) is 1.13. The molecule has 19 heavy (non-hydrogen) atoms. The zero-order valence-corrected chi connectivity index (χ0v) is 10.5. The Balaban J connectivity index is 2.37. The summed E-state index contributed by atoms with van der Waals surface area (Å²) in [4.78, 5) is 29.5. The Bertz CT molecular complexity index is 470. The molecule has 0 aliphatic rings. The lowest BCUT2D eigenvalue weighted by Crippen LogP contribution is -2.28. The molecule has 1 amide bonds. The van der Waals surface area contributed by atoms with Gasteiger partial charge < -0.3 is 15.2 Å². The van der Waals surface area contributed by atoms with Gasteiger partial charge in [-0.3, -0.25) is 4.79 Å². The second-order valence-electron chi connectivity index (χ2n) is 3.86. The van der Waals surface area contributed by atoms with Crippen LogP contribution in [0.2, 0.25) is 0 Å². The summed E-state index contributed by atoms with van der Waals surface area (Å²) in [6, 6.07) is 0. The van der Waals surface area contributed by atoms with Crippen molar-refractivity contribution in [3.05, 3.63) is 35.9 Å². The van der Waals surface area contributed by atoms with Gasteiger partial charge in [0.15, 0.2) is 5.69 Å². The summed E-state index contributed by atoms with van der Waals surface area (Å²) >= 11 is 0. The van der Waals surface area contributed by atoms with E-state index in [1.807, 2.05) is 6.92 Å². The Labute approximate surface area is 110 Å². The van der Waals surface area contributed by atoms with E-state index in [-0.39, 0.29) is 11.4 Å². The van der Waals surface area contributed by atoms with E-state index in [0.29, 0.717) is 19.8 Å². The number of rotatable bonds is 7. The lowest BCUT2D eigenvalue weighted by Gasteiger charge is -2.05. The number of carboxylic acids is 1. The molecule has 0 bridgehead atoms. The van der Waals surface area contributed by atoms with Crippen LogP contribution in [0.4, 0.5) is 0 Å². The Morgan fingerprint density at radius 2 is 2.00 bits per heavy atom. The summed E-state index contributed by atoms with van der Waals surface area (Å²) in [6.07, 6.45) is 2.16. The number of carbonyl (C=O) groups is 2. The number of nitrogens with one attached hydrogen (secondary N) is 1. The summed E-state index contributed by atoms with van der Waals surface area (Å²) in [5, 5.41) is 11.2. The van der Waals surface area contributed by atoms with Gasteiger partial charge in [-0.25, -0.2) is 14.8 Å². The zero-order chi connectivity index (χ0) is 14.3. The molecule has 102 valence electrons. The maximum atomic E-state index is 11.6. The smallest absolute Gasteiger partial charge is 0.356 e. The van der Waals surface area contributed by atoms with E-state index >= 15 is 0 Å². The van der Waals surface area contributed by atoms with Crippen molar-refractivity contribution < 1.29 is 19.4 Å². The van der Waals surface area contributed by atoms with Gasteiger partial charge in [0.2, 0.25) is 0 Å². The Morgan fingerprint density at radius 3 is 2.53 bits per heavy atom. The van der Waals surface area contributed by atoms with Crippen molar-refractivity contribution in [1.82, 2.24) is 15.3 Å². The van der Waals surface area contributed by atoms with Gasteiger partial charge in [-0.1, -0.05) is 12.2 Å². The highest BCUT2D eigenvalue weighted by molar-refractivity contribution is 5.92. The van der Waals surface area contributed by atoms with Crippen LogP contribution in [0.15, 0.2) is 24.5 Å². The lowest BCUT2D eigenvalue weighted by atomic mass is 10.4. The van der Waals surface area contributed by atoms with E-state index in [9.17, 15) is 9.59 Å². The standard InChI is InChI=1S/C12H15N3O4/c1-8(2)7-19-4-3-13-11(16)9-5-15-10(6-14-9)12(17)18/h5-6H,1,3-4,7H2,2H3,(H,13,16)(H,17,18). The summed E-state index contributed by atoms with van der Waals surface area (Å²) in [5.74, 6) is -1.61. The normalized spacial score (nSPS) is 9.95. The molecule has 0 saturated heterocycles. The third kappa shape index (κ3) is 5.26. The number of amides is 1. The van der Waals surface area contributed by atoms with Crippen LogP contribution in [-0.2, 0) is 4.74 Å². The molecule has 0 saturated carbocycles. The first kappa shape index (κ1) is 14.8. The largest absolute Gasteiger partial charge is 0.476 e. The first-order valence-electron chi connectivity index (χ1n) is 5.56. The first-order chi connectivity index (χ1) is 9.00. The third-order valence-electron chi connectivity index (χ3n) is 1.98. The van der Waals surface area contributed by atoms with Crippen molar-refractivity contribution >= 4 is 11.9 Å². The molecule has 0 aliphatic carbocycles. The molecule has 0 aliphatic heterocycles. The second kappa shape index (κ2) is 7.22. The fourth-order valence-electron chi connectivity index (χ4n) is 1.13. The number of carboxylic acid groups (broad SMARTS) is 1. The number of carbonyl (C=O) groups excluding carboxylic acids is 1. The van der Waals surface area contributed by atoms with Crippen molar-refractivity contribution in [2.24, 2.45) is 0 Å². The fraction of sp³-hybridized carbons (Fsp3) is 0.333. The molecule has 1 rings (SSSR count). The first-order valence-corrected chi connectivity index (χ1v) is 5.56. The Hall–Kier alpha value is -2.28. The Kier molecular flexibility index (Phi) is 5.62. The van der Waals surface area contributed by atoms with Crippen molar-refractivity contribution in [3.8, 4) is 0 Å². The average Bonchev–Trinajstić information content (AvgIpc) is 2.37. The van der Waals surface area contributed by atoms with Crippen LogP contribution in [-0.4, -0.2) is 46.7 Å². The minimum Gasteiger partial charge on any atom is -0.476 e. The molecule has 1 aromatic rings. The highest BCUT2D eigenvalue weighted by Gasteiger charge is 2.09. The Morgan fingerprint density at radius 1 is 1.37 bits per heavy atom. The molecule has 1 aromatic heterocycles. The van der Waals surface area contributed by atoms with E-state index in [0.717, 1.165) is 18.0 Å². The zero-order valence-electron chi connectivity index (χ0n) is 10.5. The predicted octanol–water partition coefficient (Wildman–Crippen LogP) is 0.497.